The van der Waals surface area contributed by atoms with Gasteiger partial charge in [0, 0.05) is 32.7 Å². The lowest BCUT2D eigenvalue weighted by atomic mass is 10.2. The van der Waals surface area contributed by atoms with Gasteiger partial charge in [-0.15, -0.1) is 0 Å². The van der Waals surface area contributed by atoms with E-state index in [0.717, 1.165) is 65.4 Å². The van der Waals surface area contributed by atoms with Gasteiger partial charge in [0.25, 0.3) is 0 Å². The van der Waals surface area contributed by atoms with Gasteiger partial charge in [-0.1, -0.05) is 20.3 Å². The maximum atomic E-state index is 5.78. The van der Waals surface area contributed by atoms with Gasteiger partial charge in [-0.3, -0.25) is 4.90 Å². The highest BCUT2D eigenvalue weighted by molar-refractivity contribution is 4.66. The Morgan fingerprint density at radius 2 is 1.89 bits per heavy atom. The average molecular weight is 258 g/mol. The van der Waals surface area contributed by atoms with Crippen LogP contribution in [0.3, 0.4) is 0 Å². The molecule has 0 amide bonds. The molecule has 0 aromatic rings. The highest BCUT2D eigenvalue weighted by Crippen LogP contribution is 2.05. The Labute approximate surface area is 112 Å². The maximum absolute atomic E-state index is 5.78. The highest BCUT2D eigenvalue weighted by Gasteiger charge is 2.08. The third-order valence-electron chi connectivity index (χ3n) is 3.41. The van der Waals surface area contributed by atoms with Gasteiger partial charge < -0.3 is 14.8 Å². The molecule has 1 N–H and O–H groups in total. The maximum Gasteiger partial charge on any atom is 0.0704 e. The third-order valence-corrected chi connectivity index (χ3v) is 3.41. The van der Waals surface area contributed by atoms with Gasteiger partial charge in [0.1, 0.15) is 0 Å². The van der Waals surface area contributed by atoms with Crippen molar-refractivity contribution < 1.29 is 9.47 Å². The SMILES string of the molecule is CCCC(CC)OCCOCCN1CCNCC1. The summed E-state index contributed by atoms with van der Waals surface area (Å²) in [5, 5.41) is 3.35. The predicted octanol–water partition coefficient (Wildman–Crippen LogP) is 1.50. The molecular weight excluding hydrogens is 228 g/mol. The second-order valence-corrected chi connectivity index (χ2v) is 4.89. The number of hydrogen-bond donors (Lipinski definition) is 1. The number of piperazine rings is 1. The fraction of sp³-hybridized carbons (Fsp3) is 1.00. The third kappa shape index (κ3) is 7.31. The summed E-state index contributed by atoms with van der Waals surface area (Å²) >= 11 is 0. The van der Waals surface area contributed by atoms with Gasteiger partial charge in [0.2, 0.25) is 0 Å². The molecule has 1 fully saturated rings. The zero-order chi connectivity index (χ0) is 13.1. The van der Waals surface area contributed by atoms with E-state index < -0.39 is 0 Å². The van der Waals surface area contributed by atoms with Crippen molar-refractivity contribution in [3.63, 3.8) is 0 Å². The summed E-state index contributed by atoms with van der Waals surface area (Å²) in [5.41, 5.74) is 0. The molecule has 0 aliphatic carbocycles. The molecule has 18 heavy (non-hydrogen) atoms. The van der Waals surface area contributed by atoms with E-state index >= 15 is 0 Å². The Bertz CT molecular complexity index is 176. The second-order valence-electron chi connectivity index (χ2n) is 4.89. The van der Waals surface area contributed by atoms with Gasteiger partial charge in [0.05, 0.1) is 25.9 Å². The lowest BCUT2D eigenvalue weighted by molar-refractivity contribution is -0.00448. The molecule has 0 radical (unpaired) electrons. The molecule has 0 saturated carbocycles. The number of nitrogens with one attached hydrogen (secondary N) is 1. The molecular formula is C14H30N2O2. The van der Waals surface area contributed by atoms with Gasteiger partial charge in [-0.2, -0.15) is 0 Å². The van der Waals surface area contributed by atoms with Gasteiger partial charge in [-0.25, -0.2) is 0 Å². The van der Waals surface area contributed by atoms with Crippen LogP contribution in [0.5, 0.6) is 0 Å². The summed E-state index contributed by atoms with van der Waals surface area (Å²) < 4.78 is 11.4. The van der Waals surface area contributed by atoms with Gasteiger partial charge in [-0.05, 0) is 12.8 Å². The van der Waals surface area contributed by atoms with E-state index in [4.69, 9.17) is 9.47 Å². The zero-order valence-corrected chi connectivity index (χ0v) is 12.1. The first-order chi connectivity index (χ1) is 8.86. The Hall–Kier alpha value is -0.160. The normalized spacial score (nSPS) is 19.0. The fourth-order valence-electron chi connectivity index (χ4n) is 2.23. The van der Waals surface area contributed by atoms with E-state index in [-0.39, 0.29) is 0 Å². The molecule has 1 aliphatic rings. The average Bonchev–Trinajstić information content (AvgIpc) is 2.42. The van der Waals surface area contributed by atoms with Crippen LogP contribution in [0.4, 0.5) is 0 Å². The summed E-state index contributed by atoms with van der Waals surface area (Å²) in [5.74, 6) is 0. The van der Waals surface area contributed by atoms with Crippen LogP contribution in [0.15, 0.2) is 0 Å². The summed E-state index contributed by atoms with van der Waals surface area (Å²) in [7, 11) is 0. The molecule has 4 nitrogen and oxygen atoms in total. The van der Waals surface area contributed by atoms with Crippen molar-refractivity contribution in [3.8, 4) is 0 Å². The molecule has 0 aromatic heterocycles. The van der Waals surface area contributed by atoms with Crippen molar-refractivity contribution in [2.45, 2.75) is 39.2 Å². The largest absolute Gasteiger partial charge is 0.378 e. The van der Waals surface area contributed by atoms with Crippen molar-refractivity contribution in [2.75, 3.05) is 52.5 Å². The molecule has 0 spiro atoms. The molecule has 1 heterocycles. The minimum Gasteiger partial charge on any atom is -0.378 e. The topological polar surface area (TPSA) is 33.7 Å². The first-order valence-corrected chi connectivity index (χ1v) is 7.49. The molecule has 1 aliphatic heterocycles. The van der Waals surface area contributed by atoms with Crippen molar-refractivity contribution in [1.82, 2.24) is 10.2 Å². The molecule has 1 saturated heterocycles. The second kappa shape index (κ2) is 10.7. The van der Waals surface area contributed by atoms with Crippen molar-refractivity contribution in [2.24, 2.45) is 0 Å². The number of rotatable bonds is 10. The van der Waals surface area contributed by atoms with Gasteiger partial charge in [0.15, 0.2) is 0 Å². The Kier molecular flexibility index (Phi) is 9.48. The number of ether oxygens (including phenoxy) is 2. The lowest BCUT2D eigenvalue weighted by Gasteiger charge is -2.26. The van der Waals surface area contributed by atoms with Crippen LogP contribution in [0.1, 0.15) is 33.1 Å². The fourth-order valence-corrected chi connectivity index (χ4v) is 2.23. The monoisotopic (exact) mass is 258 g/mol. The van der Waals surface area contributed by atoms with E-state index in [1.54, 1.807) is 0 Å². The molecule has 1 unspecified atom stereocenters. The molecule has 4 heteroatoms. The first kappa shape index (κ1) is 15.9. The van der Waals surface area contributed by atoms with Crippen molar-refractivity contribution in [3.05, 3.63) is 0 Å². The quantitative estimate of drug-likeness (QED) is 0.602. The molecule has 0 bridgehead atoms. The van der Waals surface area contributed by atoms with Crippen LogP contribution in [-0.4, -0.2) is 63.5 Å². The van der Waals surface area contributed by atoms with E-state index in [1.807, 2.05) is 0 Å². The predicted molar refractivity (Wildman–Crippen MR) is 75.1 cm³/mol. The smallest absolute Gasteiger partial charge is 0.0704 e. The summed E-state index contributed by atoms with van der Waals surface area (Å²) in [6.07, 6.45) is 3.89. The van der Waals surface area contributed by atoms with E-state index in [1.165, 1.54) is 6.42 Å². The van der Waals surface area contributed by atoms with Crippen molar-refractivity contribution >= 4 is 0 Å². The Morgan fingerprint density at radius 1 is 1.11 bits per heavy atom. The van der Waals surface area contributed by atoms with Crippen LogP contribution in [0.25, 0.3) is 0 Å². The van der Waals surface area contributed by atoms with E-state index in [2.05, 4.69) is 24.1 Å². The van der Waals surface area contributed by atoms with Crippen LogP contribution >= 0.6 is 0 Å². The molecule has 0 aromatic carbocycles. The molecule has 1 atom stereocenters. The standard InChI is InChI=1S/C14H30N2O2/c1-3-5-14(4-2)18-13-12-17-11-10-16-8-6-15-7-9-16/h14-15H,3-13H2,1-2H3. The van der Waals surface area contributed by atoms with E-state index in [9.17, 15) is 0 Å². The van der Waals surface area contributed by atoms with E-state index in [0.29, 0.717) is 6.10 Å². The Morgan fingerprint density at radius 3 is 2.56 bits per heavy atom. The zero-order valence-electron chi connectivity index (χ0n) is 12.1. The van der Waals surface area contributed by atoms with Crippen LogP contribution in [0, 0.1) is 0 Å². The summed E-state index contributed by atoms with van der Waals surface area (Å²) in [6.45, 7) is 12.2. The summed E-state index contributed by atoms with van der Waals surface area (Å²) in [4.78, 5) is 2.45. The lowest BCUT2D eigenvalue weighted by Crippen LogP contribution is -2.44. The summed E-state index contributed by atoms with van der Waals surface area (Å²) in [6, 6.07) is 0. The minimum atomic E-state index is 0.423. The van der Waals surface area contributed by atoms with Crippen LogP contribution in [-0.2, 0) is 9.47 Å². The van der Waals surface area contributed by atoms with Gasteiger partial charge >= 0.3 is 0 Å². The minimum absolute atomic E-state index is 0.423. The van der Waals surface area contributed by atoms with Crippen LogP contribution in [0.2, 0.25) is 0 Å². The Balaban J connectivity index is 1.88. The van der Waals surface area contributed by atoms with Crippen LogP contribution < -0.4 is 5.32 Å². The van der Waals surface area contributed by atoms with Crippen molar-refractivity contribution in [1.29, 1.82) is 0 Å². The molecule has 108 valence electrons. The number of hydrogen-bond acceptors (Lipinski definition) is 4. The number of nitrogens with zero attached hydrogens (tertiary/aromatic N) is 1. The first-order valence-electron chi connectivity index (χ1n) is 7.49. The molecule has 1 rings (SSSR count). The highest BCUT2D eigenvalue weighted by atomic mass is 16.5.